The molecule has 0 bridgehead atoms. The molecule has 21 heavy (non-hydrogen) atoms. The molecule has 1 aromatic heterocycles. The zero-order valence-electron chi connectivity index (χ0n) is 13.0. The Morgan fingerprint density at radius 1 is 1.43 bits per heavy atom. The summed E-state index contributed by atoms with van der Waals surface area (Å²) in [5.74, 6) is 0.372. The first-order valence-electron chi connectivity index (χ1n) is 7.52. The van der Waals surface area contributed by atoms with E-state index in [-0.39, 0.29) is 23.4 Å². The number of hydrogen-bond acceptors (Lipinski definition) is 4. The van der Waals surface area contributed by atoms with Crippen molar-refractivity contribution in [3.8, 4) is 0 Å². The average Bonchev–Trinajstić information content (AvgIpc) is 2.69. The largest absolute Gasteiger partial charge is 0.394 e. The molecule has 1 fully saturated rings. The fourth-order valence-corrected chi connectivity index (χ4v) is 3.89. The normalized spacial score (nSPS) is 22.6. The van der Waals surface area contributed by atoms with Gasteiger partial charge in [-0.1, -0.05) is 18.3 Å². The van der Waals surface area contributed by atoms with Gasteiger partial charge in [-0.2, -0.15) is 0 Å². The number of rotatable bonds is 4. The lowest BCUT2D eigenvalue weighted by Crippen LogP contribution is -2.49. The van der Waals surface area contributed by atoms with Gasteiger partial charge in [0.05, 0.1) is 12.6 Å². The second-order valence-corrected chi connectivity index (χ2v) is 7.03. The number of aliphatic hydroxyl groups excluding tert-OH is 1. The van der Waals surface area contributed by atoms with E-state index in [1.54, 1.807) is 9.47 Å². The number of aromatic nitrogens is 1. The van der Waals surface area contributed by atoms with Crippen LogP contribution < -0.4 is 4.87 Å². The van der Waals surface area contributed by atoms with Crippen LogP contribution in [0.5, 0.6) is 0 Å². The summed E-state index contributed by atoms with van der Waals surface area (Å²) in [5.41, 5.74) is 0.948. The van der Waals surface area contributed by atoms with Crippen LogP contribution in [0.2, 0.25) is 0 Å². The lowest BCUT2D eigenvalue weighted by molar-refractivity contribution is -0.137. The monoisotopic (exact) mass is 312 g/mol. The van der Waals surface area contributed by atoms with Gasteiger partial charge in [-0.3, -0.25) is 9.59 Å². The summed E-state index contributed by atoms with van der Waals surface area (Å²) in [4.78, 5) is 27.1. The third kappa shape index (κ3) is 3.37. The van der Waals surface area contributed by atoms with Gasteiger partial charge in [0, 0.05) is 30.1 Å². The van der Waals surface area contributed by atoms with Crippen molar-refractivity contribution in [2.24, 2.45) is 5.92 Å². The number of thiazole rings is 1. The lowest BCUT2D eigenvalue weighted by Gasteiger charge is -2.39. The average molecular weight is 312 g/mol. The van der Waals surface area contributed by atoms with Crippen molar-refractivity contribution >= 4 is 17.2 Å². The van der Waals surface area contributed by atoms with Gasteiger partial charge in [0.15, 0.2) is 0 Å². The first-order chi connectivity index (χ1) is 9.95. The molecule has 1 aromatic rings. The van der Waals surface area contributed by atoms with E-state index >= 15 is 0 Å². The van der Waals surface area contributed by atoms with E-state index in [0.717, 1.165) is 23.4 Å². The molecule has 1 saturated heterocycles. The van der Waals surface area contributed by atoms with E-state index in [4.69, 9.17) is 0 Å². The Hall–Kier alpha value is -1.14. The van der Waals surface area contributed by atoms with Crippen LogP contribution in [0.1, 0.15) is 36.8 Å². The fraction of sp³-hybridized carbons (Fsp3) is 0.733. The van der Waals surface area contributed by atoms with Crippen molar-refractivity contribution in [3.05, 3.63) is 20.2 Å². The van der Waals surface area contributed by atoms with Crippen LogP contribution in [-0.2, 0) is 11.3 Å². The van der Waals surface area contributed by atoms with E-state index in [2.05, 4.69) is 6.92 Å². The molecular weight excluding hydrogens is 288 g/mol. The molecule has 0 radical (unpaired) electrons. The van der Waals surface area contributed by atoms with Crippen molar-refractivity contribution in [3.63, 3.8) is 0 Å². The van der Waals surface area contributed by atoms with Gasteiger partial charge in [0.25, 0.3) is 0 Å². The molecule has 0 aromatic carbocycles. The molecular formula is C15H24N2O3S. The number of aryl methyl sites for hydroxylation is 1. The van der Waals surface area contributed by atoms with Crippen LogP contribution in [0.4, 0.5) is 0 Å². The summed E-state index contributed by atoms with van der Waals surface area (Å²) in [6.07, 6.45) is 2.36. The minimum atomic E-state index is -0.0757. The summed E-state index contributed by atoms with van der Waals surface area (Å²) < 4.78 is 1.68. The predicted octanol–water partition coefficient (Wildman–Crippen LogP) is 1.54. The number of amides is 1. The maximum Gasteiger partial charge on any atom is 0.307 e. The van der Waals surface area contributed by atoms with Gasteiger partial charge in [-0.15, -0.1) is 0 Å². The number of aliphatic hydroxyl groups is 1. The highest BCUT2D eigenvalue weighted by Gasteiger charge is 2.30. The van der Waals surface area contributed by atoms with E-state index in [1.165, 1.54) is 11.3 Å². The highest BCUT2D eigenvalue weighted by atomic mass is 32.1. The summed E-state index contributed by atoms with van der Waals surface area (Å²) >= 11 is 1.23. The highest BCUT2D eigenvalue weighted by molar-refractivity contribution is 7.09. The third-order valence-electron chi connectivity index (χ3n) is 4.55. The third-order valence-corrected chi connectivity index (χ3v) is 5.54. The molecule has 0 aliphatic carbocycles. The van der Waals surface area contributed by atoms with E-state index < -0.39 is 0 Å². The zero-order valence-corrected chi connectivity index (χ0v) is 13.8. The minimum Gasteiger partial charge on any atom is -0.394 e. The summed E-state index contributed by atoms with van der Waals surface area (Å²) in [6, 6.07) is -0.0757. The molecule has 0 saturated carbocycles. The van der Waals surface area contributed by atoms with Crippen LogP contribution >= 0.6 is 11.3 Å². The van der Waals surface area contributed by atoms with E-state index in [0.29, 0.717) is 25.4 Å². The maximum absolute atomic E-state index is 12.4. The maximum atomic E-state index is 12.4. The van der Waals surface area contributed by atoms with Crippen LogP contribution in [0, 0.1) is 19.8 Å². The molecule has 2 atom stereocenters. The van der Waals surface area contributed by atoms with Crippen molar-refractivity contribution in [2.75, 3.05) is 13.2 Å². The Labute approximate surface area is 129 Å². The Morgan fingerprint density at radius 3 is 2.71 bits per heavy atom. The number of carbonyl (C=O) groups excluding carboxylic acids is 1. The van der Waals surface area contributed by atoms with Gasteiger partial charge in [0.1, 0.15) is 0 Å². The molecule has 1 aliphatic heterocycles. The highest BCUT2D eigenvalue weighted by Crippen LogP contribution is 2.23. The van der Waals surface area contributed by atoms with Gasteiger partial charge >= 0.3 is 4.87 Å². The first kappa shape index (κ1) is 16.2. The second kappa shape index (κ2) is 6.75. The lowest BCUT2D eigenvalue weighted by atomic mass is 9.91. The second-order valence-electron chi connectivity index (χ2n) is 5.87. The van der Waals surface area contributed by atoms with Crippen molar-refractivity contribution < 1.29 is 9.90 Å². The van der Waals surface area contributed by atoms with Gasteiger partial charge in [-0.25, -0.2) is 0 Å². The SMILES string of the molecule is Cc1sc(=O)n(CCC(=O)N2CCCC(C)C2CO)c1C. The van der Waals surface area contributed by atoms with E-state index in [9.17, 15) is 14.7 Å². The number of hydrogen-bond donors (Lipinski definition) is 1. The molecule has 5 nitrogen and oxygen atoms in total. The predicted molar refractivity (Wildman–Crippen MR) is 83.7 cm³/mol. The molecule has 6 heteroatoms. The molecule has 0 spiro atoms. The van der Waals surface area contributed by atoms with Crippen LogP contribution in [-0.4, -0.2) is 39.7 Å². The molecule has 2 heterocycles. The number of likely N-dealkylation sites (tertiary alicyclic amines) is 1. The van der Waals surface area contributed by atoms with Gasteiger partial charge in [-0.05, 0) is 32.6 Å². The van der Waals surface area contributed by atoms with Gasteiger partial charge in [0.2, 0.25) is 5.91 Å². The molecule has 2 unspecified atom stereocenters. The van der Waals surface area contributed by atoms with Crippen LogP contribution in [0.15, 0.2) is 4.79 Å². The number of nitrogens with zero attached hydrogens (tertiary/aromatic N) is 2. The topological polar surface area (TPSA) is 62.5 Å². The van der Waals surface area contributed by atoms with Crippen molar-refractivity contribution in [1.29, 1.82) is 0 Å². The van der Waals surface area contributed by atoms with Crippen LogP contribution in [0.25, 0.3) is 0 Å². The summed E-state index contributed by atoms with van der Waals surface area (Å²) in [5, 5.41) is 9.51. The molecule has 1 N–H and O–H groups in total. The fourth-order valence-electron chi connectivity index (χ4n) is 3.03. The van der Waals surface area contributed by atoms with Crippen molar-refractivity contribution in [1.82, 2.24) is 9.47 Å². The quantitative estimate of drug-likeness (QED) is 0.917. The van der Waals surface area contributed by atoms with Crippen LogP contribution in [0.3, 0.4) is 0 Å². The molecule has 2 rings (SSSR count). The Morgan fingerprint density at radius 2 is 2.14 bits per heavy atom. The van der Waals surface area contributed by atoms with Crippen molar-refractivity contribution in [2.45, 2.75) is 52.6 Å². The smallest absolute Gasteiger partial charge is 0.307 e. The number of piperidine rings is 1. The molecule has 118 valence electrons. The first-order valence-corrected chi connectivity index (χ1v) is 8.34. The summed E-state index contributed by atoms with van der Waals surface area (Å²) in [6.45, 7) is 7.08. The minimum absolute atomic E-state index is 0.00326. The van der Waals surface area contributed by atoms with E-state index in [1.807, 2.05) is 13.8 Å². The Kier molecular flexibility index (Phi) is 5.22. The summed E-state index contributed by atoms with van der Waals surface area (Å²) in [7, 11) is 0. The molecule has 1 amide bonds. The standard InChI is InChI=1S/C15H24N2O3S/c1-10-5-4-7-17(13(10)9-18)14(19)6-8-16-11(2)12(3)21-15(16)20/h10,13,18H,4-9H2,1-3H3. The zero-order chi connectivity index (χ0) is 15.6. The Bertz CT molecular complexity index is 564. The van der Waals surface area contributed by atoms with Gasteiger partial charge < -0.3 is 14.6 Å². The molecule has 1 aliphatic rings. The number of carbonyl (C=O) groups is 1. The Balaban J connectivity index is 2.02.